The highest BCUT2D eigenvalue weighted by Gasteiger charge is 2.34. The van der Waals surface area contributed by atoms with Crippen molar-refractivity contribution in [1.29, 1.82) is 0 Å². The lowest BCUT2D eigenvalue weighted by molar-refractivity contribution is -0.136. The molecule has 0 spiro atoms. The Morgan fingerprint density at radius 3 is 0.989 bits per heavy atom. The van der Waals surface area contributed by atoms with Crippen molar-refractivity contribution in [2.75, 3.05) is 57.8 Å². The van der Waals surface area contributed by atoms with Crippen molar-refractivity contribution in [3.63, 3.8) is 0 Å². The predicted octanol–water partition coefficient (Wildman–Crippen LogP) is -4.56. The number of Topliss-reactive ketones (excluding diaryl/α,β-unsaturated/α-hetero) is 5. The first-order chi connectivity index (χ1) is 41.5. The number of amides is 5. The molecule has 5 amide bonds. The Bertz CT molecular complexity index is 2430. The summed E-state index contributed by atoms with van der Waals surface area (Å²) in [5, 5.41) is 13.6. The molecular weight excluding hydrogens is 1160 g/mol. The summed E-state index contributed by atoms with van der Waals surface area (Å²) in [4.78, 5) is 161. The first-order valence-corrected chi connectivity index (χ1v) is 30.9. The molecule has 0 unspecified atom stereocenters. The van der Waals surface area contributed by atoms with Crippen molar-refractivity contribution >= 4 is 106 Å². The van der Waals surface area contributed by atoms with E-state index in [4.69, 9.17) is 68.8 Å². The first kappa shape index (κ1) is 79.7. The second kappa shape index (κ2) is 45.9. The fourth-order valence-corrected chi connectivity index (χ4v) is 9.48. The number of carbonyl (C=O) groups is 10. The maximum Gasteiger partial charge on any atom is 0.224 e. The molecule has 0 heterocycles. The number of carbonyl (C=O) groups excluding carboxylic acids is 10. The number of nitrogens with zero attached hydrogens (tertiary/aromatic N) is 6. The van der Waals surface area contributed by atoms with Crippen LogP contribution < -0.4 is 95.4 Å². The lowest BCUT2D eigenvalue weighted by Crippen LogP contribution is -2.48. The van der Waals surface area contributed by atoms with E-state index in [1.807, 2.05) is 0 Å². The monoisotopic (exact) mass is 1260 g/mol. The van der Waals surface area contributed by atoms with Crippen LogP contribution in [-0.4, -0.2) is 176 Å². The predicted molar refractivity (Wildman–Crippen MR) is 342 cm³/mol. The molecule has 0 aromatic heterocycles. The lowest BCUT2D eigenvalue weighted by atomic mass is 9.89. The van der Waals surface area contributed by atoms with Gasteiger partial charge in [0.05, 0.1) is 30.7 Å². The van der Waals surface area contributed by atoms with Crippen LogP contribution in [0.1, 0.15) is 136 Å². The molecule has 0 saturated heterocycles. The van der Waals surface area contributed by atoms with E-state index in [9.17, 15) is 47.9 Å². The van der Waals surface area contributed by atoms with E-state index in [-0.39, 0.29) is 182 Å². The second-order valence-electron chi connectivity index (χ2n) is 21.1. The van der Waals surface area contributed by atoms with Gasteiger partial charge < -0.3 is 95.4 Å². The van der Waals surface area contributed by atoms with Gasteiger partial charge in [-0.25, -0.2) is 0 Å². The van der Waals surface area contributed by atoms with Gasteiger partial charge in [0, 0.05) is 107 Å². The maximum absolute atomic E-state index is 14.7. The summed E-state index contributed by atoms with van der Waals surface area (Å²) in [6.45, 7) is 4.77. The summed E-state index contributed by atoms with van der Waals surface area (Å²) in [7, 11) is 0. The smallest absolute Gasteiger partial charge is 0.224 e. The van der Waals surface area contributed by atoms with Gasteiger partial charge in [-0.3, -0.25) is 77.9 Å². The van der Waals surface area contributed by atoms with E-state index in [0.717, 1.165) is 0 Å². The molecule has 0 aliphatic rings. The molecule has 33 nitrogen and oxygen atoms in total. The SMILES string of the molecule is CCC(=O)N[C@@H](CSC)C(=O)C[C@@H](C)C(=O)NCC(=O)C[C@H](CCCN=C(N)N)C(=O)N[C@H](CCCN=C(N)N)C(=O)C[C@H](CCCN=C(N)N)C(=O)N[C@H](CCCN=C(N)N)C(=O)C[C@H](CCCN=C(N)N)C(=O)N[C@H](CCCN=C(N)N)C(=O)CC. The Labute approximate surface area is 519 Å². The zero-order valence-electron chi connectivity index (χ0n) is 51.6. The Morgan fingerprint density at radius 2 is 0.682 bits per heavy atom. The molecule has 498 valence electrons. The Balaban J connectivity index is 7.20. The minimum atomic E-state index is -1.30. The van der Waals surface area contributed by atoms with Gasteiger partial charge in [-0.2, -0.15) is 11.8 Å². The highest BCUT2D eigenvalue weighted by Crippen LogP contribution is 2.22. The van der Waals surface area contributed by atoms with Gasteiger partial charge in [0.25, 0.3) is 0 Å². The average molecular weight is 1260 g/mol. The van der Waals surface area contributed by atoms with Crippen molar-refractivity contribution in [1.82, 2.24) is 26.6 Å². The summed E-state index contributed by atoms with van der Waals surface area (Å²) in [5.74, 6) is -10.6. The number of nitrogens with one attached hydrogen (secondary N) is 5. The number of hydrogen-bond donors (Lipinski definition) is 17. The third-order valence-electron chi connectivity index (χ3n) is 13.6. The Hall–Kier alpha value is -8.33. The normalized spacial score (nSPS) is 13.5. The van der Waals surface area contributed by atoms with Crippen LogP contribution in [0, 0.1) is 23.7 Å². The molecule has 0 rings (SSSR count). The van der Waals surface area contributed by atoms with Gasteiger partial charge in [0.1, 0.15) is 0 Å². The minimum Gasteiger partial charge on any atom is -0.370 e. The highest BCUT2D eigenvalue weighted by atomic mass is 32.2. The summed E-state index contributed by atoms with van der Waals surface area (Å²) < 4.78 is 0. The van der Waals surface area contributed by atoms with Crippen molar-refractivity contribution in [2.24, 2.45) is 122 Å². The number of rotatable bonds is 50. The van der Waals surface area contributed by atoms with E-state index < -0.39 is 115 Å². The molecule has 0 fully saturated rings. The van der Waals surface area contributed by atoms with E-state index in [1.165, 1.54) is 18.7 Å². The third-order valence-corrected chi connectivity index (χ3v) is 14.3. The maximum atomic E-state index is 14.7. The molecule has 0 radical (unpaired) electrons. The molecular formula is C54H101N23O10S. The quantitative estimate of drug-likeness (QED) is 0.0155. The molecule has 8 atom stereocenters. The van der Waals surface area contributed by atoms with Crippen LogP contribution in [-0.2, 0) is 47.9 Å². The van der Waals surface area contributed by atoms with E-state index in [0.29, 0.717) is 12.2 Å². The number of ketones is 5. The number of hydrogen-bond acceptors (Lipinski definition) is 17. The molecule has 0 aliphatic heterocycles. The van der Waals surface area contributed by atoms with Gasteiger partial charge >= 0.3 is 0 Å². The molecule has 29 N–H and O–H groups in total. The van der Waals surface area contributed by atoms with Crippen LogP contribution >= 0.6 is 11.8 Å². The van der Waals surface area contributed by atoms with Crippen molar-refractivity contribution in [3.05, 3.63) is 0 Å². The summed E-state index contributed by atoms with van der Waals surface area (Å²) in [5.41, 5.74) is 66.6. The molecule has 0 bridgehead atoms. The summed E-state index contributed by atoms with van der Waals surface area (Å²) >= 11 is 1.35. The van der Waals surface area contributed by atoms with Crippen molar-refractivity contribution in [2.45, 2.75) is 161 Å². The van der Waals surface area contributed by atoms with Crippen LogP contribution in [0.4, 0.5) is 0 Å². The van der Waals surface area contributed by atoms with Crippen LogP contribution in [0.15, 0.2) is 30.0 Å². The summed E-state index contributed by atoms with van der Waals surface area (Å²) in [6, 6.07) is -4.33. The van der Waals surface area contributed by atoms with E-state index in [2.05, 4.69) is 56.5 Å². The fourth-order valence-electron chi connectivity index (χ4n) is 8.87. The summed E-state index contributed by atoms with van der Waals surface area (Å²) in [6.07, 6.45) is 1.93. The zero-order chi connectivity index (χ0) is 66.7. The van der Waals surface area contributed by atoms with Crippen LogP contribution in [0.2, 0.25) is 0 Å². The van der Waals surface area contributed by atoms with Gasteiger partial charge in [-0.05, 0) is 83.3 Å². The fraction of sp³-hybridized carbons (Fsp3) is 0.704. The molecule has 0 aromatic carbocycles. The topological polar surface area (TPSA) is 617 Å². The van der Waals surface area contributed by atoms with Crippen LogP contribution in [0.3, 0.4) is 0 Å². The largest absolute Gasteiger partial charge is 0.370 e. The highest BCUT2D eigenvalue weighted by molar-refractivity contribution is 7.98. The minimum absolute atomic E-state index is 0.0159. The molecule has 34 heteroatoms. The van der Waals surface area contributed by atoms with Gasteiger partial charge in [-0.1, -0.05) is 20.8 Å². The molecule has 0 aromatic rings. The van der Waals surface area contributed by atoms with E-state index in [1.54, 1.807) is 20.1 Å². The number of nitrogens with two attached hydrogens (primary N) is 12. The molecule has 0 saturated carbocycles. The lowest BCUT2D eigenvalue weighted by Gasteiger charge is -2.26. The van der Waals surface area contributed by atoms with E-state index >= 15 is 0 Å². The number of aliphatic imine (C=N–C) groups is 6. The Kier molecular flexibility index (Phi) is 41.6. The number of thioether (sulfide) groups is 1. The van der Waals surface area contributed by atoms with Gasteiger partial charge in [-0.15, -0.1) is 0 Å². The van der Waals surface area contributed by atoms with Crippen LogP contribution in [0.25, 0.3) is 0 Å². The second-order valence-corrected chi connectivity index (χ2v) is 22.0. The Morgan fingerprint density at radius 1 is 0.375 bits per heavy atom. The van der Waals surface area contributed by atoms with Crippen molar-refractivity contribution in [3.8, 4) is 0 Å². The molecule has 88 heavy (non-hydrogen) atoms. The zero-order valence-corrected chi connectivity index (χ0v) is 52.4. The van der Waals surface area contributed by atoms with Crippen molar-refractivity contribution < 1.29 is 47.9 Å². The standard InChI is InChI=1S/C54H101N23O10S/c1-5-40(79)36(16-10-22-70-52(61)62)75-47(86)33(14-8-20-68-50(57)58)27-43(82)38(18-12-24-72-54(65)66)77-48(87)34(15-9-21-69-51(59)60)28-42(81)37(17-11-23-71-53(63)64)76-46(85)32(13-7-19-67-49(55)56)26-35(78)29-73-45(84)31(3)25-41(80)39(30-88-4)74-44(83)6-2/h31-34,36-39H,5-30H2,1-4H3,(H,73,84)(H,74,83)(H,75,86)(H,76,85)(H,77,87)(H4,55,56,67)(H4,57,58,68)(H4,59,60,69)(H4,61,62,70)(H4,63,64,71)(H4,65,66,72)/t31-,32+,33+,34+,36-,37-,38-,39+/m1/s1. The van der Waals surface area contributed by atoms with Crippen LogP contribution in [0.5, 0.6) is 0 Å². The third kappa shape index (κ3) is 38.0. The number of guanidine groups is 6. The van der Waals surface area contributed by atoms with Gasteiger partial charge in [0.15, 0.2) is 64.7 Å². The average Bonchev–Trinajstić information content (AvgIpc) is 3.53. The first-order valence-electron chi connectivity index (χ1n) is 29.5. The van der Waals surface area contributed by atoms with Gasteiger partial charge in [0.2, 0.25) is 29.5 Å². The molecule has 0 aliphatic carbocycles.